The van der Waals surface area contributed by atoms with Crippen LogP contribution in [-0.4, -0.2) is 25.4 Å². The molecule has 86 valence electrons. The molecule has 0 saturated heterocycles. The lowest BCUT2D eigenvalue weighted by Gasteiger charge is -2.05. The van der Waals surface area contributed by atoms with Crippen LogP contribution in [0, 0.1) is 11.8 Å². The van der Waals surface area contributed by atoms with E-state index < -0.39 is 6.10 Å². The van der Waals surface area contributed by atoms with Crippen LogP contribution in [0.2, 0.25) is 0 Å². The Bertz CT molecular complexity index is 399. The molecule has 3 nitrogen and oxygen atoms in total. The van der Waals surface area contributed by atoms with E-state index in [0.29, 0.717) is 12.2 Å². The topological polar surface area (TPSA) is 38.7 Å². The maximum atomic E-state index is 9.10. The molecule has 0 amide bonds. The predicted octanol–water partition coefficient (Wildman–Crippen LogP) is 1.83. The van der Waals surface area contributed by atoms with Crippen LogP contribution in [0.5, 0.6) is 11.5 Å². The number of hydrogen-bond acceptors (Lipinski definition) is 3. The van der Waals surface area contributed by atoms with E-state index in [-0.39, 0.29) is 0 Å². The Morgan fingerprint density at radius 2 is 2.06 bits per heavy atom. The van der Waals surface area contributed by atoms with Crippen molar-refractivity contribution in [3.63, 3.8) is 0 Å². The number of aliphatic hydroxyl groups excluding tert-OH is 1. The lowest BCUT2D eigenvalue weighted by Crippen LogP contribution is -1.96. The van der Waals surface area contributed by atoms with Gasteiger partial charge in [-0.2, -0.15) is 0 Å². The average Bonchev–Trinajstić information content (AvgIpc) is 2.28. The number of benzene rings is 1. The van der Waals surface area contributed by atoms with Gasteiger partial charge in [0.05, 0.1) is 25.9 Å². The van der Waals surface area contributed by atoms with Gasteiger partial charge in [0.25, 0.3) is 0 Å². The van der Waals surface area contributed by atoms with Crippen LogP contribution >= 0.6 is 0 Å². The van der Waals surface area contributed by atoms with Gasteiger partial charge in [0.2, 0.25) is 0 Å². The zero-order valence-corrected chi connectivity index (χ0v) is 9.78. The number of rotatable bonds is 3. The normalized spacial score (nSPS) is 11.2. The third kappa shape index (κ3) is 3.48. The van der Waals surface area contributed by atoms with E-state index in [9.17, 15) is 0 Å². The Balaban J connectivity index is 2.93. The fourth-order valence-corrected chi connectivity index (χ4v) is 1.21. The lowest BCUT2D eigenvalue weighted by atomic mass is 10.2. The second-order valence-electron chi connectivity index (χ2n) is 3.42. The van der Waals surface area contributed by atoms with Crippen molar-refractivity contribution in [2.45, 2.75) is 19.4 Å². The summed E-state index contributed by atoms with van der Waals surface area (Å²) in [6, 6.07) is 5.44. The highest BCUT2D eigenvalue weighted by atomic mass is 16.5. The summed E-state index contributed by atoms with van der Waals surface area (Å²) in [5.41, 5.74) is 0.766. The Hall–Kier alpha value is -1.66. The highest BCUT2D eigenvalue weighted by Gasteiger charge is 2.01. The number of aliphatic hydroxyl groups is 1. The second-order valence-corrected chi connectivity index (χ2v) is 3.42. The van der Waals surface area contributed by atoms with Crippen molar-refractivity contribution in [2.75, 3.05) is 14.2 Å². The van der Waals surface area contributed by atoms with E-state index in [0.717, 1.165) is 11.3 Å². The van der Waals surface area contributed by atoms with Gasteiger partial charge in [-0.1, -0.05) is 11.8 Å². The van der Waals surface area contributed by atoms with Crippen LogP contribution in [0.1, 0.15) is 18.9 Å². The molecular weight excluding hydrogens is 204 g/mol. The van der Waals surface area contributed by atoms with Crippen molar-refractivity contribution in [3.05, 3.63) is 23.8 Å². The van der Waals surface area contributed by atoms with Gasteiger partial charge >= 0.3 is 0 Å². The smallest absolute Gasteiger partial charge is 0.134 e. The summed E-state index contributed by atoms with van der Waals surface area (Å²) < 4.78 is 10.3. The molecule has 3 heteroatoms. The summed E-state index contributed by atoms with van der Waals surface area (Å²) >= 11 is 0. The van der Waals surface area contributed by atoms with Crippen molar-refractivity contribution < 1.29 is 14.6 Å². The summed E-state index contributed by atoms with van der Waals surface area (Å²) in [6.07, 6.45) is 0.0319. The fourth-order valence-electron chi connectivity index (χ4n) is 1.21. The summed E-state index contributed by atoms with van der Waals surface area (Å²) in [5, 5.41) is 9.10. The molecule has 0 aliphatic carbocycles. The molecule has 0 saturated carbocycles. The Labute approximate surface area is 96.0 Å². The molecule has 1 N–H and O–H groups in total. The van der Waals surface area contributed by atoms with Crippen molar-refractivity contribution >= 4 is 0 Å². The van der Waals surface area contributed by atoms with Crippen LogP contribution in [0.25, 0.3) is 0 Å². The van der Waals surface area contributed by atoms with Gasteiger partial charge in [-0.3, -0.25) is 0 Å². The first kappa shape index (κ1) is 12.4. The molecule has 0 aliphatic heterocycles. The monoisotopic (exact) mass is 220 g/mol. The SMILES string of the molecule is COc1ccc(OC)c(C#CCC(C)O)c1. The van der Waals surface area contributed by atoms with Crippen molar-refractivity contribution in [1.29, 1.82) is 0 Å². The standard InChI is InChI=1S/C13H16O3/c1-10(14)5-4-6-11-9-12(15-2)7-8-13(11)16-3/h7-10,14H,5H2,1-3H3. The summed E-state index contributed by atoms with van der Waals surface area (Å²) in [4.78, 5) is 0. The Morgan fingerprint density at radius 3 is 2.62 bits per heavy atom. The molecule has 0 radical (unpaired) electrons. The average molecular weight is 220 g/mol. The number of hydrogen-bond donors (Lipinski definition) is 1. The van der Waals surface area contributed by atoms with E-state index in [1.807, 2.05) is 18.2 Å². The summed E-state index contributed by atoms with van der Waals surface area (Å²) in [5.74, 6) is 7.29. The van der Waals surface area contributed by atoms with Gasteiger partial charge in [0, 0.05) is 6.42 Å². The molecule has 0 bridgehead atoms. The van der Waals surface area contributed by atoms with E-state index in [1.54, 1.807) is 21.1 Å². The zero-order valence-electron chi connectivity index (χ0n) is 9.78. The van der Waals surface area contributed by atoms with Crippen LogP contribution in [0.3, 0.4) is 0 Å². The molecule has 1 rings (SSSR count). The molecule has 0 spiro atoms. The van der Waals surface area contributed by atoms with Crippen LogP contribution < -0.4 is 9.47 Å². The van der Waals surface area contributed by atoms with Gasteiger partial charge in [-0.25, -0.2) is 0 Å². The molecule has 0 aliphatic rings. The molecule has 1 unspecified atom stereocenters. The third-order valence-electron chi connectivity index (χ3n) is 2.03. The van der Waals surface area contributed by atoms with Crippen LogP contribution in [0.15, 0.2) is 18.2 Å². The van der Waals surface area contributed by atoms with E-state index >= 15 is 0 Å². The molecule has 16 heavy (non-hydrogen) atoms. The molecule has 0 heterocycles. The zero-order chi connectivity index (χ0) is 12.0. The Kier molecular flexibility index (Phi) is 4.68. The molecule has 1 aromatic carbocycles. The molecule has 1 aromatic rings. The van der Waals surface area contributed by atoms with Crippen molar-refractivity contribution in [3.8, 4) is 23.3 Å². The first-order chi connectivity index (χ1) is 7.67. The van der Waals surface area contributed by atoms with Crippen LogP contribution in [-0.2, 0) is 0 Å². The third-order valence-corrected chi connectivity index (χ3v) is 2.03. The summed E-state index contributed by atoms with van der Waals surface area (Å²) in [6.45, 7) is 1.71. The lowest BCUT2D eigenvalue weighted by molar-refractivity contribution is 0.201. The van der Waals surface area contributed by atoms with Crippen molar-refractivity contribution in [1.82, 2.24) is 0 Å². The Morgan fingerprint density at radius 1 is 1.31 bits per heavy atom. The van der Waals surface area contributed by atoms with Gasteiger partial charge in [-0.15, -0.1) is 0 Å². The molecule has 0 aromatic heterocycles. The molecular formula is C13H16O3. The maximum Gasteiger partial charge on any atom is 0.134 e. The van der Waals surface area contributed by atoms with Crippen molar-refractivity contribution in [2.24, 2.45) is 0 Å². The minimum absolute atomic E-state index is 0.413. The predicted molar refractivity (Wildman–Crippen MR) is 62.7 cm³/mol. The van der Waals surface area contributed by atoms with Gasteiger partial charge in [0.1, 0.15) is 11.5 Å². The molecule has 0 fully saturated rings. The first-order valence-corrected chi connectivity index (χ1v) is 5.06. The van der Waals surface area contributed by atoms with Gasteiger partial charge < -0.3 is 14.6 Å². The van der Waals surface area contributed by atoms with Gasteiger partial charge in [0.15, 0.2) is 0 Å². The minimum atomic E-state index is -0.413. The van der Waals surface area contributed by atoms with E-state index in [1.165, 1.54) is 0 Å². The number of methoxy groups -OCH3 is 2. The first-order valence-electron chi connectivity index (χ1n) is 5.06. The highest BCUT2D eigenvalue weighted by Crippen LogP contribution is 2.22. The minimum Gasteiger partial charge on any atom is -0.497 e. The largest absolute Gasteiger partial charge is 0.497 e. The maximum absolute atomic E-state index is 9.10. The summed E-state index contributed by atoms with van der Waals surface area (Å²) in [7, 11) is 3.20. The van der Waals surface area contributed by atoms with E-state index in [4.69, 9.17) is 14.6 Å². The van der Waals surface area contributed by atoms with E-state index in [2.05, 4.69) is 11.8 Å². The molecule has 1 atom stereocenters. The highest BCUT2D eigenvalue weighted by molar-refractivity contribution is 5.50. The quantitative estimate of drug-likeness (QED) is 0.790. The second kappa shape index (κ2) is 6.04. The fraction of sp³-hybridized carbons (Fsp3) is 0.385. The van der Waals surface area contributed by atoms with Crippen LogP contribution in [0.4, 0.5) is 0 Å². The van der Waals surface area contributed by atoms with Gasteiger partial charge in [-0.05, 0) is 25.1 Å². The number of ether oxygens (including phenoxy) is 2.